The average Bonchev–Trinajstić information content (AvgIpc) is 3.29. The maximum Gasteiger partial charge on any atom is 0.296 e. The number of fused-ring (bicyclic) bond motifs is 1. The van der Waals surface area contributed by atoms with Crippen LogP contribution >= 0.6 is 0 Å². The van der Waals surface area contributed by atoms with Crippen molar-refractivity contribution in [3.05, 3.63) is 59.9 Å². The third-order valence-corrected chi connectivity index (χ3v) is 5.74. The summed E-state index contributed by atoms with van der Waals surface area (Å²) in [6, 6.07) is 13.6. The molecule has 0 aliphatic carbocycles. The molecule has 3 heterocycles. The van der Waals surface area contributed by atoms with Crippen molar-refractivity contribution in [2.24, 2.45) is 0 Å². The van der Waals surface area contributed by atoms with Gasteiger partial charge in [0, 0.05) is 25.7 Å². The molecule has 9 nitrogen and oxygen atoms in total. The van der Waals surface area contributed by atoms with Crippen LogP contribution < -0.4 is 15.0 Å². The molecule has 2 aromatic heterocycles. The summed E-state index contributed by atoms with van der Waals surface area (Å²) in [7, 11) is 1.48. The molecule has 2 aromatic carbocycles. The van der Waals surface area contributed by atoms with E-state index in [0.29, 0.717) is 55.4 Å². The fraction of sp³-hybridized carbons (Fsp3) is 0.292. The highest BCUT2D eigenvalue weighted by Crippen LogP contribution is 2.30. The number of rotatable bonds is 7. The monoisotopic (exact) mass is 482 g/mol. The Kier molecular flexibility index (Phi) is 6.32. The largest absolute Gasteiger partial charge is 0.504 e. The smallest absolute Gasteiger partial charge is 0.296 e. The van der Waals surface area contributed by atoms with E-state index < -0.39 is 6.43 Å². The minimum absolute atomic E-state index is 0.0376. The number of phenolic OH excluding ortho intramolecular Hbond substituents is 1. The molecule has 1 fully saturated rings. The van der Waals surface area contributed by atoms with Gasteiger partial charge in [0.2, 0.25) is 5.95 Å². The van der Waals surface area contributed by atoms with Crippen molar-refractivity contribution in [2.75, 3.05) is 43.6 Å². The first-order valence-electron chi connectivity index (χ1n) is 11.1. The number of para-hydroxylation sites is 2. The van der Waals surface area contributed by atoms with Crippen LogP contribution in [0.5, 0.6) is 11.5 Å². The highest BCUT2D eigenvalue weighted by atomic mass is 19.3. The van der Waals surface area contributed by atoms with Crippen LogP contribution in [0.3, 0.4) is 0 Å². The number of alkyl halides is 2. The number of benzene rings is 2. The molecule has 2 N–H and O–H groups in total. The summed E-state index contributed by atoms with van der Waals surface area (Å²) < 4.78 is 40.0. The molecule has 0 bridgehead atoms. The minimum Gasteiger partial charge on any atom is -0.504 e. The van der Waals surface area contributed by atoms with Crippen LogP contribution in [0, 0.1) is 0 Å². The van der Waals surface area contributed by atoms with Gasteiger partial charge in [-0.05, 0) is 29.8 Å². The second-order valence-corrected chi connectivity index (χ2v) is 7.96. The molecular formula is C24H24F2N6O3. The van der Waals surface area contributed by atoms with E-state index in [4.69, 9.17) is 9.47 Å². The number of ether oxygens (including phenoxy) is 2. The van der Waals surface area contributed by atoms with Gasteiger partial charge in [0.15, 0.2) is 17.3 Å². The van der Waals surface area contributed by atoms with E-state index in [1.165, 1.54) is 11.7 Å². The van der Waals surface area contributed by atoms with Crippen molar-refractivity contribution >= 4 is 22.8 Å². The lowest BCUT2D eigenvalue weighted by molar-refractivity contribution is 0.122. The van der Waals surface area contributed by atoms with Crippen LogP contribution in [0.15, 0.2) is 48.5 Å². The van der Waals surface area contributed by atoms with Gasteiger partial charge in [-0.1, -0.05) is 18.2 Å². The Balaban J connectivity index is 1.56. The number of nitrogens with one attached hydrogen (secondary N) is 1. The van der Waals surface area contributed by atoms with Gasteiger partial charge in [0.1, 0.15) is 11.6 Å². The molecule has 35 heavy (non-hydrogen) atoms. The Bertz CT molecular complexity index is 1340. The highest BCUT2D eigenvalue weighted by Gasteiger charge is 2.23. The SMILES string of the molecule is COc1cc(CNc2nc(N3CCOCC3)cc(-n3c(C(F)F)nc4ccccc43)n2)ccc1O. The van der Waals surface area contributed by atoms with E-state index in [1.807, 2.05) is 4.90 Å². The Morgan fingerprint density at radius 3 is 2.60 bits per heavy atom. The molecule has 182 valence electrons. The van der Waals surface area contributed by atoms with Gasteiger partial charge in [0.05, 0.1) is 31.4 Å². The molecule has 0 spiro atoms. The third kappa shape index (κ3) is 4.67. The van der Waals surface area contributed by atoms with Crippen molar-refractivity contribution in [2.45, 2.75) is 13.0 Å². The van der Waals surface area contributed by atoms with Crippen LogP contribution in [0.25, 0.3) is 16.9 Å². The molecule has 0 atom stereocenters. The molecule has 4 aromatic rings. The van der Waals surface area contributed by atoms with E-state index in [-0.39, 0.29) is 23.3 Å². The number of aromatic nitrogens is 4. The Hall–Kier alpha value is -3.99. The predicted octanol–water partition coefficient (Wildman–Crippen LogP) is 3.92. The standard InChI is InChI=1S/C24H24F2N6O3/c1-34-19-12-15(6-7-18(19)33)14-27-24-29-20(31-8-10-35-11-9-31)13-21(30-24)32-17-5-3-2-4-16(17)28-23(32)22(25)26/h2-7,12-13,22,33H,8-11,14H2,1H3,(H,27,29,30). The molecule has 5 rings (SSSR count). The van der Waals surface area contributed by atoms with E-state index >= 15 is 0 Å². The van der Waals surface area contributed by atoms with Crippen molar-refractivity contribution in [1.82, 2.24) is 19.5 Å². The highest BCUT2D eigenvalue weighted by molar-refractivity contribution is 5.78. The number of nitrogens with zero attached hydrogens (tertiary/aromatic N) is 5. The second kappa shape index (κ2) is 9.71. The number of morpholine rings is 1. The molecular weight excluding hydrogens is 458 g/mol. The number of imidazole rings is 1. The summed E-state index contributed by atoms with van der Waals surface area (Å²) in [6.45, 7) is 2.67. The summed E-state index contributed by atoms with van der Waals surface area (Å²) in [5.41, 5.74) is 1.81. The minimum atomic E-state index is -2.79. The summed E-state index contributed by atoms with van der Waals surface area (Å²) in [5.74, 6) is 1.16. The fourth-order valence-electron chi connectivity index (χ4n) is 4.01. The first kappa shape index (κ1) is 22.8. The zero-order chi connectivity index (χ0) is 24.4. The Labute approximate surface area is 200 Å². The maximum atomic E-state index is 14.0. The topological polar surface area (TPSA) is 97.6 Å². The molecule has 0 radical (unpaired) electrons. The average molecular weight is 482 g/mol. The zero-order valence-electron chi connectivity index (χ0n) is 19.0. The number of methoxy groups -OCH3 is 1. The summed E-state index contributed by atoms with van der Waals surface area (Å²) in [5, 5.41) is 13.0. The molecule has 0 saturated carbocycles. The van der Waals surface area contributed by atoms with Crippen molar-refractivity contribution in [1.29, 1.82) is 0 Å². The lowest BCUT2D eigenvalue weighted by Crippen LogP contribution is -2.37. The quantitative estimate of drug-likeness (QED) is 0.409. The van der Waals surface area contributed by atoms with Gasteiger partial charge in [-0.15, -0.1) is 0 Å². The number of hydrogen-bond acceptors (Lipinski definition) is 8. The van der Waals surface area contributed by atoms with Crippen LogP contribution in [-0.2, 0) is 11.3 Å². The second-order valence-electron chi connectivity index (χ2n) is 7.96. The van der Waals surface area contributed by atoms with Crippen molar-refractivity contribution in [3.63, 3.8) is 0 Å². The fourth-order valence-corrected chi connectivity index (χ4v) is 4.01. The zero-order valence-corrected chi connectivity index (χ0v) is 19.0. The van der Waals surface area contributed by atoms with Gasteiger partial charge in [-0.3, -0.25) is 4.57 Å². The number of aromatic hydroxyl groups is 1. The lowest BCUT2D eigenvalue weighted by Gasteiger charge is -2.28. The van der Waals surface area contributed by atoms with E-state index in [2.05, 4.69) is 20.3 Å². The number of anilines is 2. The number of phenols is 1. The van der Waals surface area contributed by atoms with Crippen LogP contribution in [0.1, 0.15) is 17.8 Å². The van der Waals surface area contributed by atoms with Crippen molar-refractivity contribution < 1.29 is 23.4 Å². The predicted molar refractivity (Wildman–Crippen MR) is 127 cm³/mol. The van der Waals surface area contributed by atoms with E-state index in [1.54, 1.807) is 48.5 Å². The van der Waals surface area contributed by atoms with Gasteiger partial charge in [-0.25, -0.2) is 13.8 Å². The van der Waals surface area contributed by atoms with E-state index in [0.717, 1.165) is 5.56 Å². The summed E-state index contributed by atoms with van der Waals surface area (Å²) >= 11 is 0. The summed E-state index contributed by atoms with van der Waals surface area (Å²) in [4.78, 5) is 15.4. The third-order valence-electron chi connectivity index (χ3n) is 5.74. The summed E-state index contributed by atoms with van der Waals surface area (Å²) in [6.07, 6.45) is -2.79. The lowest BCUT2D eigenvalue weighted by atomic mass is 10.2. The van der Waals surface area contributed by atoms with Crippen LogP contribution in [0.2, 0.25) is 0 Å². The Morgan fingerprint density at radius 1 is 1.06 bits per heavy atom. The van der Waals surface area contributed by atoms with Gasteiger partial charge >= 0.3 is 0 Å². The molecule has 11 heteroatoms. The van der Waals surface area contributed by atoms with Gasteiger partial charge < -0.3 is 24.8 Å². The number of halogens is 2. The van der Waals surface area contributed by atoms with Crippen LogP contribution in [-0.4, -0.2) is 58.0 Å². The molecule has 0 unspecified atom stereocenters. The van der Waals surface area contributed by atoms with Crippen LogP contribution in [0.4, 0.5) is 20.5 Å². The molecule has 1 saturated heterocycles. The van der Waals surface area contributed by atoms with E-state index in [9.17, 15) is 13.9 Å². The Morgan fingerprint density at radius 2 is 1.83 bits per heavy atom. The first-order chi connectivity index (χ1) is 17.0. The molecule has 1 aliphatic heterocycles. The first-order valence-corrected chi connectivity index (χ1v) is 11.1. The van der Waals surface area contributed by atoms with Crippen molar-refractivity contribution in [3.8, 4) is 17.3 Å². The van der Waals surface area contributed by atoms with Gasteiger partial charge in [-0.2, -0.15) is 9.97 Å². The number of hydrogen-bond donors (Lipinski definition) is 2. The molecule has 0 amide bonds. The normalized spacial score (nSPS) is 14.0. The maximum absolute atomic E-state index is 14.0. The molecule has 1 aliphatic rings. The van der Waals surface area contributed by atoms with Gasteiger partial charge in [0.25, 0.3) is 6.43 Å².